The molecule has 88 valence electrons. The van der Waals surface area contributed by atoms with Gasteiger partial charge in [-0.2, -0.15) is 13.2 Å². The first-order valence-electron chi connectivity index (χ1n) is 4.77. The Morgan fingerprint density at radius 2 is 1.53 bits per heavy atom. The van der Waals surface area contributed by atoms with E-state index in [1.165, 1.54) is 12.1 Å². The van der Waals surface area contributed by atoms with Gasteiger partial charge in [-0.05, 0) is 30.3 Å². The molecule has 0 saturated carbocycles. The van der Waals surface area contributed by atoms with Crippen LogP contribution < -0.4 is 5.32 Å². The Bertz CT molecular complexity index is 480. The van der Waals surface area contributed by atoms with Gasteiger partial charge in [0.05, 0.1) is 5.56 Å². The van der Waals surface area contributed by atoms with Crippen LogP contribution in [-0.2, 0) is 6.18 Å². The van der Waals surface area contributed by atoms with Crippen molar-refractivity contribution in [3.63, 3.8) is 0 Å². The minimum absolute atomic E-state index is 0.340. The van der Waals surface area contributed by atoms with E-state index in [2.05, 4.69) is 15.3 Å². The lowest BCUT2D eigenvalue weighted by molar-refractivity contribution is -0.137. The molecule has 0 spiro atoms. The molecule has 0 fully saturated rings. The molecular formula is C11H8F3N3. The van der Waals surface area contributed by atoms with Gasteiger partial charge in [-0.1, -0.05) is 0 Å². The molecule has 6 heteroatoms. The first-order chi connectivity index (χ1) is 8.05. The summed E-state index contributed by atoms with van der Waals surface area (Å²) < 4.78 is 36.9. The van der Waals surface area contributed by atoms with Crippen molar-refractivity contribution in [1.29, 1.82) is 0 Å². The van der Waals surface area contributed by atoms with Gasteiger partial charge in [0.15, 0.2) is 0 Å². The number of alkyl halides is 3. The van der Waals surface area contributed by atoms with Gasteiger partial charge in [0.2, 0.25) is 5.95 Å². The zero-order chi connectivity index (χ0) is 12.3. The summed E-state index contributed by atoms with van der Waals surface area (Å²) in [6.07, 6.45) is -1.24. The lowest BCUT2D eigenvalue weighted by atomic mass is 10.2. The highest BCUT2D eigenvalue weighted by molar-refractivity contribution is 5.53. The maximum absolute atomic E-state index is 12.3. The van der Waals surface area contributed by atoms with E-state index < -0.39 is 11.7 Å². The molecule has 0 unspecified atom stereocenters. The minimum atomic E-state index is -4.32. The van der Waals surface area contributed by atoms with E-state index in [9.17, 15) is 13.2 Å². The summed E-state index contributed by atoms with van der Waals surface area (Å²) in [6.45, 7) is 0. The lowest BCUT2D eigenvalue weighted by Crippen LogP contribution is -2.04. The van der Waals surface area contributed by atoms with Gasteiger partial charge in [0.25, 0.3) is 0 Å². The topological polar surface area (TPSA) is 37.8 Å². The monoisotopic (exact) mass is 239 g/mol. The van der Waals surface area contributed by atoms with Crippen molar-refractivity contribution in [1.82, 2.24) is 9.97 Å². The standard InChI is InChI=1S/C11H8F3N3/c12-11(13,14)8-2-4-9(5-3-8)17-10-15-6-1-7-16-10/h1-7H,(H,15,16,17). The molecule has 17 heavy (non-hydrogen) atoms. The second-order valence-corrected chi connectivity index (χ2v) is 3.27. The second kappa shape index (κ2) is 4.40. The van der Waals surface area contributed by atoms with Crippen molar-refractivity contribution < 1.29 is 13.2 Å². The molecule has 0 aliphatic heterocycles. The van der Waals surface area contributed by atoms with E-state index in [1.807, 2.05) is 0 Å². The van der Waals surface area contributed by atoms with Crippen LogP contribution in [0.1, 0.15) is 5.56 Å². The zero-order valence-corrected chi connectivity index (χ0v) is 8.57. The molecule has 1 aromatic carbocycles. The first-order valence-corrected chi connectivity index (χ1v) is 4.77. The first kappa shape index (κ1) is 11.4. The van der Waals surface area contributed by atoms with E-state index >= 15 is 0 Å². The number of rotatable bonds is 2. The predicted octanol–water partition coefficient (Wildman–Crippen LogP) is 3.24. The Kier molecular flexibility index (Phi) is 2.95. The van der Waals surface area contributed by atoms with Crippen LogP contribution in [0.4, 0.5) is 24.8 Å². The predicted molar refractivity (Wildman–Crippen MR) is 56.8 cm³/mol. The van der Waals surface area contributed by atoms with Crippen LogP contribution in [0.25, 0.3) is 0 Å². The fourth-order valence-corrected chi connectivity index (χ4v) is 1.24. The molecule has 0 aliphatic carbocycles. The van der Waals surface area contributed by atoms with Crippen molar-refractivity contribution in [3.05, 3.63) is 48.3 Å². The van der Waals surface area contributed by atoms with E-state index in [1.54, 1.807) is 18.5 Å². The van der Waals surface area contributed by atoms with Crippen molar-refractivity contribution in [2.45, 2.75) is 6.18 Å². The summed E-state index contributed by atoms with van der Waals surface area (Å²) in [7, 11) is 0. The Morgan fingerprint density at radius 3 is 2.06 bits per heavy atom. The third-order valence-electron chi connectivity index (χ3n) is 2.03. The molecule has 1 heterocycles. The van der Waals surface area contributed by atoms with Gasteiger partial charge < -0.3 is 5.32 Å². The Hall–Kier alpha value is -2.11. The molecule has 0 saturated heterocycles. The number of nitrogens with one attached hydrogen (secondary N) is 1. The van der Waals surface area contributed by atoms with Crippen LogP contribution in [0.15, 0.2) is 42.7 Å². The van der Waals surface area contributed by atoms with Crippen LogP contribution in [0, 0.1) is 0 Å². The molecule has 0 atom stereocenters. The van der Waals surface area contributed by atoms with E-state index in [0.29, 0.717) is 11.6 Å². The number of hydrogen-bond donors (Lipinski definition) is 1. The highest BCUT2D eigenvalue weighted by Crippen LogP contribution is 2.30. The SMILES string of the molecule is FC(F)(F)c1ccc(Nc2ncccn2)cc1. The summed E-state index contributed by atoms with van der Waals surface area (Å²) in [6, 6.07) is 6.33. The van der Waals surface area contributed by atoms with Crippen molar-refractivity contribution in [3.8, 4) is 0 Å². The van der Waals surface area contributed by atoms with Gasteiger partial charge in [-0.15, -0.1) is 0 Å². The van der Waals surface area contributed by atoms with Gasteiger partial charge >= 0.3 is 6.18 Å². The van der Waals surface area contributed by atoms with Crippen molar-refractivity contribution in [2.75, 3.05) is 5.32 Å². The van der Waals surface area contributed by atoms with E-state index in [0.717, 1.165) is 12.1 Å². The summed E-state index contributed by atoms with van der Waals surface area (Å²) in [5.41, 5.74) is -0.179. The number of anilines is 2. The molecular weight excluding hydrogens is 231 g/mol. The Labute approximate surface area is 95.3 Å². The average Bonchev–Trinajstić information content (AvgIpc) is 2.30. The van der Waals surface area contributed by atoms with Gasteiger partial charge in [-0.3, -0.25) is 0 Å². The molecule has 0 bridgehead atoms. The third-order valence-corrected chi connectivity index (χ3v) is 2.03. The third kappa shape index (κ3) is 2.93. The number of aromatic nitrogens is 2. The van der Waals surface area contributed by atoms with E-state index in [4.69, 9.17) is 0 Å². The van der Waals surface area contributed by atoms with E-state index in [-0.39, 0.29) is 0 Å². The lowest BCUT2D eigenvalue weighted by Gasteiger charge is -2.08. The van der Waals surface area contributed by atoms with Gasteiger partial charge in [0.1, 0.15) is 0 Å². The Balaban J connectivity index is 2.14. The van der Waals surface area contributed by atoms with Crippen LogP contribution in [0.2, 0.25) is 0 Å². The van der Waals surface area contributed by atoms with Crippen LogP contribution >= 0.6 is 0 Å². The molecule has 3 nitrogen and oxygen atoms in total. The number of nitrogens with zero attached hydrogens (tertiary/aromatic N) is 2. The maximum atomic E-state index is 12.3. The fraction of sp³-hybridized carbons (Fsp3) is 0.0909. The zero-order valence-electron chi connectivity index (χ0n) is 8.57. The molecule has 1 aromatic heterocycles. The minimum Gasteiger partial charge on any atom is -0.324 e. The average molecular weight is 239 g/mol. The number of hydrogen-bond acceptors (Lipinski definition) is 3. The number of benzene rings is 1. The Morgan fingerprint density at radius 1 is 0.941 bits per heavy atom. The molecule has 0 amide bonds. The van der Waals surface area contributed by atoms with Gasteiger partial charge in [0, 0.05) is 18.1 Å². The number of halogens is 3. The maximum Gasteiger partial charge on any atom is 0.416 e. The summed E-state index contributed by atoms with van der Waals surface area (Å²) in [5.74, 6) is 0.340. The normalized spacial score (nSPS) is 11.2. The molecule has 2 aromatic rings. The van der Waals surface area contributed by atoms with Crippen molar-refractivity contribution in [2.24, 2.45) is 0 Å². The van der Waals surface area contributed by atoms with Gasteiger partial charge in [-0.25, -0.2) is 9.97 Å². The smallest absolute Gasteiger partial charge is 0.324 e. The van der Waals surface area contributed by atoms with Crippen molar-refractivity contribution >= 4 is 11.6 Å². The van der Waals surface area contributed by atoms with Crippen LogP contribution in [0.3, 0.4) is 0 Å². The molecule has 0 aliphatic rings. The fourth-order valence-electron chi connectivity index (χ4n) is 1.24. The highest BCUT2D eigenvalue weighted by atomic mass is 19.4. The summed E-state index contributed by atoms with van der Waals surface area (Å²) >= 11 is 0. The van der Waals surface area contributed by atoms with Crippen LogP contribution in [0.5, 0.6) is 0 Å². The highest BCUT2D eigenvalue weighted by Gasteiger charge is 2.29. The summed E-state index contributed by atoms with van der Waals surface area (Å²) in [5, 5.41) is 2.79. The largest absolute Gasteiger partial charge is 0.416 e. The molecule has 1 N–H and O–H groups in total. The van der Waals surface area contributed by atoms with Crippen LogP contribution in [-0.4, -0.2) is 9.97 Å². The quantitative estimate of drug-likeness (QED) is 0.874. The summed E-state index contributed by atoms with van der Waals surface area (Å²) in [4.78, 5) is 7.80. The second-order valence-electron chi connectivity index (χ2n) is 3.27. The molecule has 0 radical (unpaired) electrons. The molecule has 2 rings (SSSR count).